The van der Waals surface area contributed by atoms with Gasteiger partial charge in [0.25, 0.3) is 11.8 Å². The number of ether oxygens (including phenoxy) is 1. The number of aliphatic imine (C=N–C) groups is 1. The molecule has 0 aliphatic carbocycles. The fourth-order valence-corrected chi connectivity index (χ4v) is 5.91. The average Bonchev–Trinajstić information content (AvgIpc) is 3.45. The van der Waals surface area contributed by atoms with Crippen molar-refractivity contribution >= 4 is 40.9 Å². The molecule has 2 amide bonds. The highest BCUT2D eigenvalue weighted by Crippen LogP contribution is 2.36. The third kappa shape index (κ3) is 8.31. The number of piperidine rings is 1. The molecule has 12 nitrogen and oxygen atoms in total. The summed E-state index contributed by atoms with van der Waals surface area (Å²) >= 11 is 5.91. The van der Waals surface area contributed by atoms with Crippen molar-refractivity contribution in [2.24, 2.45) is 4.99 Å². The molecule has 7 N–H and O–H groups in total. The summed E-state index contributed by atoms with van der Waals surface area (Å²) in [7, 11) is 0. The molecule has 0 saturated carbocycles. The molecule has 46 heavy (non-hydrogen) atoms. The number of rotatable bonds is 11. The van der Waals surface area contributed by atoms with Gasteiger partial charge in [-0.15, -0.1) is 0 Å². The third-order valence-corrected chi connectivity index (χ3v) is 8.79. The van der Waals surface area contributed by atoms with E-state index in [1.54, 1.807) is 0 Å². The van der Waals surface area contributed by atoms with Crippen LogP contribution >= 0.6 is 11.6 Å². The van der Waals surface area contributed by atoms with Gasteiger partial charge in [0.05, 0.1) is 12.1 Å². The highest BCUT2D eigenvalue weighted by molar-refractivity contribution is 6.31. The lowest BCUT2D eigenvalue weighted by atomic mass is 9.86. The average molecular weight is 650 g/mol. The van der Waals surface area contributed by atoms with Crippen LogP contribution in [0.15, 0.2) is 53.5 Å². The van der Waals surface area contributed by atoms with Gasteiger partial charge in [-0.05, 0) is 80.3 Å². The molecule has 244 valence electrons. The van der Waals surface area contributed by atoms with Gasteiger partial charge in [-0.25, -0.2) is 9.97 Å². The number of hydrogen-bond acceptors (Lipinski definition) is 10. The Morgan fingerprint density at radius 3 is 2.22 bits per heavy atom. The molecule has 2 aliphatic rings. The minimum Gasteiger partial charge on any atom is -0.491 e. The molecule has 3 aromatic rings. The van der Waals surface area contributed by atoms with Crippen molar-refractivity contribution in [1.82, 2.24) is 20.2 Å². The van der Waals surface area contributed by atoms with E-state index < -0.39 is 12.0 Å². The maximum absolute atomic E-state index is 13.3. The van der Waals surface area contributed by atoms with Crippen LogP contribution in [0.25, 0.3) is 0 Å². The van der Waals surface area contributed by atoms with Crippen molar-refractivity contribution in [2.75, 3.05) is 37.8 Å². The monoisotopic (exact) mass is 649 g/mol. The number of aliphatic hydroxyl groups excluding tert-OH is 2. The van der Waals surface area contributed by atoms with E-state index in [4.69, 9.17) is 37.9 Å². The number of halogens is 1. The van der Waals surface area contributed by atoms with Crippen LogP contribution in [0.2, 0.25) is 5.15 Å². The number of anilines is 2. The van der Waals surface area contributed by atoms with Crippen LogP contribution in [0.1, 0.15) is 70.5 Å². The van der Waals surface area contributed by atoms with E-state index in [-0.39, 0.29) is 47.1 Å². The molecule has 2 aliphatic heterocycles. The molecule has 0 bridgehead atoms. The lowest BCUT2D eigenvalue weighted by Gasteiger charge is -2.37. The number of carbonyl (C=O) groups is 2. The number of hydrogen-bond donors (Lipinski definition) is 5. The maximum atomic E-state index is 13.3. The van der Waals surface area contributed by atoms with Gasteiger partial charge in [-0.1, -0.05) is 35.9 Å². The van der Waals surface area contributed by atoms with Crippen LogP contribution in [0.3, 0.4) is 0 Å². The smallest absolute Gasteiger partial charge is 0.279 e. The van der Waals surface area contributed by atoms with Crippen molar-refractivity contribution in [3.05, 3.63) is 76.1 Å². The van der Waals surface area contributed by atoms with Crippen LogP contribution in [0, 0.1) is 0 Å². The third-order valence-electron chi connectivity index (χ3n) is 8.52. The number of nitrogens with zero attached hydrogens (tertiary/aromatic N) is 4. The number of aromatic nitrogens is 2. The van der Waals surface area contributed by atoms with Crippen molar-refractivity contribution < 1.29 is 24.5 Å². The van der Waals surface area contributed by atoms with Crippen molar-refractivity contribution in [3.8, 4) is 5.75 Å². The number of aryl methyl sites for hydroxylation is 2. The number of nitrogens with two attached hydrogens (primary N) is 2. The van der Waals surface area contributed by atoms with Gasteiger partial charge < -0.3 is 36.6 Å². The van der Waals surface area contributed by atoms with Crippen LogP contribution < -0.4 is 21.5 Å². The second kappa shape index (κ2) is 14.9. The molecule has 0 radical (unpaired) electrons. The highest BCUT2D eigenvalue weighted by Gasteiger charge is 2.39. The van der Waals surface area contributed by atoms with Crippen LogP contribution in [-0.2, 0) is 12.8 Å². The molecule has 1 spiro atoms. The summed E-state index contributed by atoms with van der Waals surface area (Å²) in [6.45, 7) is 0.926. The van der Waals surface area contributed by atoms with Crippen molar-refractivity contribution in [1.29, 1.82) is 0 Å². The number of carbonyl (C=O) groups excluding carboxylic acids is 2. The Hall–Kier alpha value is -4.26. The van der Waals surface area contributed by atoms with Gasteiger partial charge in [-0.2, -0.15) is 0 Å². The summed E-state index contributed by atoms with van der Waals surface area (Å²) in [5, 5.41) is 21.0. The Morgan fingerprint density at radius 1 is 0.957 bits per heavy atom. The fraction of sp³-hybridized carbons (Fsp3) is 0.424. The number of aliphatic hydroxyl groups is 2. The molecule has 1 saturated heterocycles. The topological polar surface area (TPSA) is 189 Å². The lowest BCUT2D eigenvalue weighted by Crippen LogP contribution is -2.45. The Kier molecular flexibility index (Phi) is 10.7. The molecule has 1 atom stereocenters. The number of benzene rings is 2. The van der Waals surface area contributed by atoms with Crippen molar-refractivity contribution in [3.63, 3.8) is 0 Å². The minimum absolute atomic E-state index is 0.0180. The summed E-state index contributed by atoms with van der Waals surface area (Å²) in [5.74, 6) is 0.576. The normalized spacial score (nSPS) is 16.2. The number of unbranched alkanes of at least 4 members (excludes halogenated alkanes) is 1. The van der Waals surface area contributed by atoms with E-state index in [0.717, 1.165) is 32.1 Å². The Bertz CT molecular complexity index is 1560. The Morgan fingerprint density at radius 2 is 1.59 bits per heavy atom. The van der Waals surface area contributed by atoms with Gasteiger partial charge in [-0.3, -0.25) is 14.6 Å². The molecule has 1 aromatic heterocycles. The first-order valence-electron chi connectivity index (χ1n) is 15.5. The standard InChI is InChI=1S/C33H40ClN7O5/c34-28-30(36)39-29(35)27(38-28)31(44)37-26-13-14-33(40-26)15-17-41(18-16-33)32(45)23-9-5-21(6-10-23)3-1-2-4-22-7-11-25(12-8-22)46-20-24(43)19-42/h5-12,24,42-43H,1-4,13-20H2,(H4,35,36,39)(H,37,40,44)/t24-/m0/s1. The van der Waals surface area contributed by atoms with Gasteiger partial charge in [0.2, 0.25) is 0 Å². The zero-order valence-electron chi connectivity index (χ0n) is 25.6. The van der Waals surface area contributed by atoms with Crippen LogP contribution in [0.5, 0.6) is 5.75 Å². The summed E-state index contributed by atoms with van der Waals surface area (Å²) in [4.78, 5) is 40.5. The molecule has 3 heterocycles. The van der Waals surface area contributed by atoms with Crippen LogP contribution in [-0.4, -0.2) is 80.7 Å². The maximum Gasteiger partial charge on any atom is 0.279 e. The number of amidine groups is 1. The summed E-state index contributed by atoms with van der Waals surface area (Å²) < 4.78 is 5.45. The van der Waals surface area contributed by atoms with E-state index >= 15 is 0 Å². The van der Waals surface area contributed by atoms with Crippen molar-refractivity contribution in [2.45, 2.75) is 63.0 Å². The zero-order chi connectivity index (χ0) is 32.7. The number of amides is 2. The summed E-state index contributed by atoms with van der Waals surface area (Å²) in [6.07, 6.45) is 5.90. The number of nitrogens with one attached hydrogen (secondary N) is 1. The SMILES string of the molecule is Nc1nc(N)c(C(=O)NC2=NC3(CC2)CCN(C(=O)c2ccc(CCCCc4ccc(OC[C@@H](O)CO)cc4)cc2)CC3)nc1Cl. The summed E-state index contributed by atoms with van der Waals surface area (Å²) in [5.41, 5.74) is 14.1. The van der Waals surface area contributed by atoms with Crippen LogP contribution in [0.4, 0.5) is 11.6 Å². The van der Waals surface area contributed by atoms with Gasteiger partial charge in [0, 0.05) is 25.1 Å². The predicted molar refractivity (Wildman–Crippen MR) is 176 cm³/mol. The molecule has 13 heteroatoms. The Labute approximate surface area is 272 Å². The second-order valence-electron chi connectivity index (χ2n) is 11.9. The Balaban J connectivity index is 1.04. The van der Waals surface area contributed by atoms with E-state index in [0.29, 0.717) is 49.5 Å². The van der Waals surface area contributed by atoms with E-state index in [1.165, 1.54) is 11.1 Å². The number of likely N-dealkylation sites (tertiary alicyclic amines) is 1. The largest absolute Gasteiger partial charge is 0.491 e. The highest BCUT2D eigenvalue weighted by atomic mass is 35.5. The number of nitrogen functional groups attached to an aromatic ring is 2. The molecular weight excluding hydrogens is 610 g/mol. The van der Waals surface area contributed by atoms with E-state index in [1.807, 2.05) is 53.4 Å². The molecule has 5 rings (SSSR count). The van der Waals surface area contributed by atoms with Gasteiger partial charge in [0.1, 0.15) is 24.3 Å². The minimum atomic E-state index is -0.879. The molecule has 1 fully saturated rings. The summed E-state index contributed by atoms with van der Waals surface area (Å²) in [6, 6.07) is 15.7. The molecule has 2 aromatic carbocycles. The predicted octanol–water partition coefficient (Wildman–Crippen LogP) is 3.19. The first kappa shape index (κ1) is 33.1. The first-order chi connectivity index (χ1) is 22.1. The van der Waals surface area contributed by atoms with Gasteiger partial charge in [0.15, 0.2) is 22.5 Å². The second-order valence-corrected chi connectivity index (χ2v) is 12.2. The van der Waals surface area contributed by atoms with E-state index in [2.05, 4.69) is 15.3 Å². The zero-order valence-corrected chi connectivity index (χ0v) is 26.4. The quantitative estimate of drug-likeness (QED) is 0.194. The lowest BCUT2D eigenvalue weighted by molar-refractivity contribution is 0.0536. The van der Waals surface area contributed by atoms with E-state index in [9.17, 15) is 14.7 Å². The molecular formula is C33H40ClN7O5. The fourth-order valence-electron chi connectivity index (χ4n) is 5.78. The molecule has 0 unspecified atom stereocenters. The first-order valence-corrected chi connectivity index (χ1v) is 15.9. The van der Waals surface area contributed by atoms with Gasteiger partial charge >= 0.3 is 0 Å².